The van der Waals surface area contributed by atoms with Crippen LogP contribution in [0.5, 0.6) is 0 Å². The Labute approximate surface area is 111 Å². The number of rotatable bonds is 8. The summed E-state index contributed by atoms with van der Waals surface area (Å²) in [6, 6.07) is 4.07. The van der Waals surface area contributed by atoms with Gasteiger partial charge in [0.1, 0.15) is 18.1 Å². The summed E-state index contributed by atoms with van der Waals surface area (Å²) in [6.07, 6.45) is 1.07. The van der Waals surface area contributed by atoms with Gasteiger partial charge in [-0.3, -0.25) is 0 Å². The van der Waals surface area contributed by atoms with Crippen LogP contribution in [0.3, 0.4) is 0 Å². The Kier molecular flexibility index (Phi) is 5.89. The molecule has 0 atom stereocenters. The number of methoxy groups -OCH3 is 1. The topological polar surface area (TPSA) is 34.4 Å². The van der Waals surface area contributed by atoms with E-state index in [4.69, 9.17) is 9.15 Å². The summed E-state index contributed by atoms with van der Waals surface area (Å²) in [5, 5.41) is 3.48. The fraction of sp³-hybridized carbons (Fsp3) is 0.733. The molecule has 3 nitrogen and oxygen atoms in total. The molecule has 1 heterocycles. The lowest BCUT2D eigenvalue weighted by Crippen LogP contribution is -2.27. The van der Waals surface area contributed by atoms with Crippen LogP contribution in [-0.2, 0) is 16.8 Å². The summed E-state index contributed by atoms with van der Waals surface area (Å²) in [7, 11) is 1.68. The van der Waals surface area contributed by atoms with Gasteiger partial charge in [0.2, 0.25) is 0 Å². The average molecular weight is 253 g/mol. The van der Waals surface area contributed by atoms with Crippen molar-refractivity contribution in [2.75, 3.05) is 20.2 Å². The Hall–Kier alpha value is -0.800. The van der Waals surface area contributed by atoms with E-state index in [1.165, 1.54) is 0 Å². The maximum absolute atomic E-state index is 5.81. The van der Waals surface area contributed by atoms with Gasteiger partial charge in [0.25, 0.3) is 0 Å². The maximum Gasteiger partial charge on any atom is 0.129 e. The van der Waals surface area contributed by atoms with Gasteiger partial charge < -0.3 is 14.5 Å². The molecule has 0 spiro atoms. The molecule has 1 aromatic heterocycles. The first kappa shape index (κ1) is 15.3. The third-order valence-electron chi connectivity index (χ3n) is 3.09. The van der Waals surface area contributed by atoms with E-state index < -0.39 is 0 Å². The third-order valence-corrected chi connectivity index (χ3v) is 3.09. The van der Waals surface area contributed by atoms with E-state index in [-0.39, 0.29) is 5.41 Å². The molecule has 0 unspecified atom stereocenters. The first-order valence-electron chi connectivity index (χ1n) is 6.74. The molecule has 3 heteroatoms. The van der Waals surface area contributed by atoms with Gasteiger partial charge in [-0.15, -0.1) is 0 Å². The molecule has 0 aliphatic rings. The normalized spacial score (nSPS) is 12.3. The predicted molar refractivity (Wildman–Crippen MR) is 74.8 cm³/mol. The predicted octanol–water partition coefficient (Wildman–Crippen LogP) is 3.34. The van der Waals surface area contributed by atoms with Crippen LogP contribution in [0.1, 0.15) is 45.6 Å². The fourth-order valence-electron chi connectivity index (χ4n) is 1.88. The van der Waals surface area contributed by atoms with Gasteiger partial charge >= 0.3 is 0 Å². The zero-order valence-corrected chi connectivity index (χ0v) is 12.4. The van der Waals surface area contributed by atoms with E-state index in [1.807, 2.05) is 6.07 Å². The molecule has 0 fully saturated rings. The van der Waals surface area contributed by atoms with E-state index in [1.54, 1.807) is 7.11 Å². The van der Waals surface area contributed by atoms with Gasteiger partial charge in [-0.2, -0.15) is 0 Å². The van der Waals surface area contributed by atoms with E-state index in [9.17, 15) is 0 Å². The minimum Gasteiger partial charge on any atom is -0.463 e. The van der Waals surface area contributed by atoms with Crippen molar-refractivity contribution in [3.63, 3.8) is 0 Å². The first-order chi connectivity index (χ1) is 8.45. The largest absolute Gasteiger partial charge is 0.463 e. The SMILES string of the molecule is COCc1ccc(C(C)(C)CCNCC(C)C)o1. The maximum atomic E-state index is 5.81. The zero-order valence-electron chi connectivity index (χ0n) is 12.4. The highest BCUT2D eigenvalue weighted by atomic mass is 16.5. The van der Waals surface area contributed by atoms with E-state index in [0.29, 0.717) is 12.5 Å². The first-order valence-corrected chi connectivity index (χ1v) is 6.74. The standard InChI is InChI=1S/C15H27NO2/c1-12(2)10-16-9-8-15(3,4)14-7-6-13(18-14)11-17-5/h6-7,12,16H,8-11H2,1-5H3. The van der Waals surface area contributed by atoms with Crippen molar-refractivity contribution in [3.05, 3.63) is 23.7 Å². The number of ether oxygens (including phenoxy) is 1. The van der Waals surface area contributed by atoms with Crippen molar-refractivity contribution in [1.82, 2.24) is 5.32 Å². The molecule has 1 aromatic rings. The van der Waals surface area contributed by atoms with Gasteiger partial charge in [0.15, 0.2) is 0 Å². The lowest BCUT2D eigenvalue weighted by molar-refractivity contribution is 0.160. The molecular weight excluding hydrogens is 226 g/mol. The zero-order chi connectivity index (χ0) is 13.6. The second-order valence-corrected chi connectivity index (χ2v) is 5.93. The Morgan fingerprint density at radius 3 is 2.67 bits per heavy atom. The molecule has 104 valence electrons. The number of nitrogens with one attached hydrogen (secondary N) is 1. The summed E-state index contributed by atoms with van der Waals surface area (Å²) >= 11 is 0. The van der Waals surface area contributed by atoms with Crippen molar-refractivity contribution < 1.29 is 9.15 Å². The lowest BCUT2D eigenvalue weighted by atomic mass is 9.86. The lowest BCUT2D eigenvalue weighted by Gasteiger charge is -2.22. The number of hydrogen-bond acceptors (Lipinski definition) is 3. The molecule has 1 rings (SSSR count). The van der Waals surface area contributed by atoms with Crippen LogP contribution in [0.2, 0.25) is 0 Å². The molecule has 0 saturated heterocycles. The average Bonchev–Trinajstić information content (AvgIpc) is 2.74. The molecular formula is C15H27NO2. The molecule has 0 radical (unpaired) electrons. The Morgan fingerprint density at radius 2 is 2.06 bits per heavy atom. The second-order valence-electron chi connectivity index (χ2n) is 5.93. The number of hydrogen-bond donors (Lipinski definition) is 1. The van der Waals surface area contributed by atoms with Crippen LogP contribution in [0.25, 0.3) is 0 Å². The minimum absolute atomic E-state index is 0.0654. The van der Waals surface area contributed by atoms with Crippen LogP contribution >= 0.6 is 0 Å². The van der Waals surface area contributed by atoms with Gasteiger partial charge in [-0.1, -0.05) is 27.7 Å². The summed E-state index contributed by atoms with van der Waals surface area (Å²) in [4.78, 5) is 0. The van der Waals surface area contributed by atoms with Crippen LogP contribution in [-0.4, -0.2) is 20.2 Å². The van der Waals surface area contributed by atoms with Gasteiger partial charge in [0, 0.05) is 12.5 Å². The van der Waals surface area contributed by atoms with Crippen molar-refractivity contribution in [1.29, 1.82) is 0 Å². The Balaban J connectivity index is 2.45. The monoisotopic (exact) mass is 253 g/mol. The molecule has 0 aliphatic heterocycles. The van der Waals surface area contributed by atoms with Gasteiger partial charge in [-0.05, 0) is 37.6 Å². The Morgan fingerprint density at radius 1 is 1.33 bits per heavy atom. The van der Waals surface area contributed by atoms with E-state index >= 15 is 0 Å². The molecule has 1 N–H and O–H groups in total. The van der Waals surface area contributed by atoms with Gasteiger partial charge in [-0.25, -0.2) is 0 Å². The Bertz CT molecular complexity index is 342. The highest BCUT2D eigenvalue weighted by molar-refractivity contribution is 5.15. The molecule has 18 heavy (non-hydrogen) atoms. The van der Waals surface area contributed by atoms with Crippen molar-refractivity contribution in [3.8, 4) is 0 Å². The van der Waals surface area contributed by atoms with Gasteiger partial charge in [0.05, 0.1) is 0 Å². The minimum atomic E-state index is 0.0654. The molecule has 0 amide bonds. The second kappa shape index (κ2) is 6.95. The number of furan rings is 1. The summed E-state index contributed by atoms with van der Waals surface area (Å²) in [6.45, 7) is 11.5. The highest BCUT2D eigenvalue weighted by Gasteiger charge is 2.24. The van der Waals surface area contributed by atoms with E-state index in [2.05, 4.69) is 39.1 Å². The van der Waals surface area contributed by atoms with Crippen molar-refractivity contribution >= 4 is 0 Å². The smallest absolute Gasteiger partial charge is 0.129 e. The molecule has 0 aliphatic carbocycles. The van der Waals surface area contributed by atoms with Crippen LogP contribution < -0.4 is 5.32 Å². The summed E-state index contributed by atoms with van der Waals surface area (Å²) in [5.41, 5.74) is 0.0654. The molecule has 0 aromatic carbocycles. The summed E-state index contributed by atoms with van der Waals surface area (Å²) in [5.74, 6) is 2.64. The molecule has 0 saturated carbocycles. The fourth-order valence-corrected chi connectivity index (χ4v) is 1.88. The van der Waals surface area contributed by atoms with Crippen molar-refractivity contribution in [2.45, 2.75) is 46.1 Å². The highest BCUT2D eigenvalue weighted by Crippen LogP contribution is 2.28. The third kappa shape index (κ3) is 4.83. The van der Waals surface area contributed by atoms with Crippen LogP contribution in [0.15, 0.2) is 16.5 Å². The van der Waals surface area contributed by atoms with Crippen LogP contribution in [0.4, 0.5) is 0 Å². The van der Waals surface area contributed by atoms with E-state index in [0.717, 1.165) is 31.0 Å². The summed E-state index contributed by atoms with van der Waals surface area (Å²) < 4.78 is 10.9. The molecule has 0 bridgehead atoms. The van der Waals surface area contributed by atoms with Crippen molar-refractivity contribution in [2.24, 2.45) is 5.92 Å². The van der Waals surface area contributed by atoms with Crippen LogP contribution in [0, 0.1) is 5.92 Å². The quantitative estimate of drug-likeness (QED) is 0.722.